The predicted molar refractivity (Wildman–Crippen MR) is 196 cm³/mol. The molecular formula is C39H68O14. The van der Waals surface area contributed by atoms with Gasteiger partial charge in [-0.25, -0.2) is 0 Å². The lowest BCUT2D eigenvalue weighted by Crippen LogP contribution is -2.61. The molecular weight excluding hydrogens is 692 g/mol. The van der Waals surface area contributed by atoms with Crippen LogP contribution in [-0.2, 0) is 33.2 Å². The van der Waals surface area contributed by atoms with Crippen LogP contribution in [0.3, 0.4) is 0 Å². The number of esters is 1. The summed E-state index contributed by atoms with van der Waals surface area (Å²) < 4.78 is 33.8. The molecule has 0 radical (unpaired) electrons. The normalized spacial score (nSPS) is 30.1. The van der Waals surface area contributed by atoms with Crippen molar-refractivity contribution in [3.8, 4) is 0 Å². The molecule has 7 N–H and O–H groups in total. The molecule has 0 amide bonds. The highest BCUT2D eigenvalue weighted by molar-refractivity contribution is 5.69. The lowest BCUT2D eigenvalue weighted by atomic mass is 9.98. The second-order valence-electron chi connectivity index (χ2n) is 13.7. The van der Waals surface area contributed by atoms with Gasteiger partial charge in [0.1, 0.15) is 54.9 Å². The molecule has 308 valence electrons. The van der Waals surface area contributed by atoms with E-state index in [-0.39, 0.29) is 19.6 Å². The summed E-state index contributed by atoms with van der Waals surface area (Å²) in [6.45, 7) is 3.42. The second-order valence-corrected chi connectivity index (χ2v) is 13.7. The van der Waals surface area contributed by atoms with E-state index in [1.807, 2.05) is 0 Å². The van der Waals surface area contributed by atoms with Crippen molar-refractivity contribution in [2.24, 2.45) is 0 Å². The third kappa shape index (κ3) is 18.6. The van der Waals surface area contributed by atoms with Gasteiger partial charge < -0.3 is 64.2 Å². The molecule has 0 saturated carbocycles. The van der Waals surface area contributed by atoms with E-state index in [4.69, 9.17) is 28.4 Å². The lowest BCUT2D eigenvalue weighted by molar-refractivity contribution is -0.332. The zero-order chi connectivity index (χ0) is 38.8. The average molecular weight is 761 g/mol. The first-order valence-corrected chi connectivity index (χ1v) is 19.6. The zero-order valence-electron chi connectivity index (χ0n) is 31.7. The van der Waals surface area contributed by atoms with Crippen molar-refractivity contribution in [3.63, 3.8) is 0 Å². The Morgan fingerprint density at radius 1 is 0.642 bits per heavy atom. The van der Waals surface area contributed by atoms with Crippen molar-refractivity contribution >= 4 is 5.97 Å². The first-order chi connectivity index (χ1) is 25.6. The van der Waals surface area contributed by atoms with E-state index in [2.05, 4.69) is 50.3 Å². The van der Waals surface area contributed by atoms with Crippen LogP contribution in [0.1, 0.15) is 104 Å². The molecule has 2 aliphatic rings. The quantitative estimate of drug-likeness (QED) is 0.0347. The number of hydrogen-bond acceptors (Lipinski definition) is 14. The fourth-order valence-electron chi connectivity index (χ4n) is 5.88. The molecule has 2 heterocycles. The predicted octanol–water partition coefficient (Wildman–Crippen LogP) is 2.73. The number of hydrogen-bond donors (Lipinski definition) is 7. The van der Waals surface area contributed by atoms with Crippen LogP contribution >= 0.6 is 0 Å². The van der Waals surface area contributed by atoms with Crippen molar-refractivity contribution < 1.29 is 69.0 Å². The van der Waals surface area contributed by atoms with E-state index in [9.17, 15) is 40.5 Å². The largest absolute Gasteiger partial charge is 0.457 e. The number of allylic oxidation sites excluding steroid dienone is 6. The summed E-state index contributed by atoms with van der Waals surface area (Å²) in [4.78, 5) is 12.8. The highest BCUT2D eigenvalue weighted by Crippen LogP contribution is 2.26. The lowest BCUT2D eigenvalue weighted by Gasteiger charge is -2.42. The molecule has 53 heavy (non-hydrogen) atoms. The topological polar surface area (TPSA) is 214 Å². The van der Waals surface area contributed by atoms with Crippen molar-refractivity contribution in [1.29, 1.82) is 0 Å². The Kier molecular flexibility index (Phi) is 25.6. The summed E-state index contributed by atoms with van der Waals surface area (Å²) in [6, 6.07) is 0. The molecule has 0 spiro atoms. The van der Waals surface area contributed by atoms with E-state index >= 15 is 0 Å². The fourth-order valence-corrected chi connectivity index (χ4v) is 5.88. The van der Waals surface area contributed by atoms with Crippen molar-refractivity contribution in [1.82, 2.24) is 0 Å². The first-order valence-electron chi connectivity index (χ1n) is 19.6. The SMILES string of the molecule is CC/C=C\C/C=C\C/C=C\CCCCCC(=O)OC(COCCCCCCCC)COC1OC(COC2OC(CO)C(O)C(O)C2O)C(O)C(O)C1O. The smallest absolute Gasteiger partial charge is 0.306 e. The van der Waals surface area contributed by atoms with Gasteiger partial charge in [-0.1, -0.05) is 88.8 Å². The third-order valence-corrected chi connectivity index (χ3v) is 9.16. The van der Waals surface area contributed by atoms with E-state index in [1.54, 1.807) is 0 Å². The Bertz CT molecular complexity index is 1020. The van der Waals surface area contributed by atoms with Gasteiger partial charge >= 0.3 is 5.97 Å². The van der Waals surface area contributed by atoms with E-state index < -0.39 is 86.7 Å². The van der Waals surface area contributed by atoms with Gasteiger partial charge in [0.15, 0.2) is 12.6 Å². The van der Waals surface area contributed by atoms with Crippen LogP contribution in [0.15, 0.2) is 36.5 Å². The monoisotopic (exact) mass is 760 g/mol. The molecule has 0 aromatic carbocycles. The minimum Gasteiger partial charge on any atom is -0.457 e. The number of carbonyl (C=O) groups is 1. The van der Waals surface area contributed by atoms with Crippen LogP contribution in [0.25, 0.3) is 0 Å². The third-order valence-electron chi connectivity index (χ3n) is 9.16. The summed E-state index contributed by atoms with van der Waals surface area (Å²) in [5, 5.41) is 71.5. The minimum absolute atomic E-state index is 0.0481. The van der Waals surface area contributed by atoms with Crippen LogP contribution in [-0.4, -0.2) is 142 Å². The minimum atomic E-state index is -1.71. The number of aliphatic hydroxyl groups is 7. The molecule has 14 heteroatoms. The summed E-state index contributed by atoms with van der Waals surface area (Å²) in [6.07, 6.45) is 9.75. The Labute approximate surface area is 315 Å². The van der Waals surface area contributed by atoms with Crippen molar-refractivity contribution in [2.45, 2.75) is 171 Å². The van der Waals surface area contributed by atoms with Crippen LogP contribution < -0.4 is 0 Å². The molecule has 0 bridgehead atoms. The fraction of sp³-hybridized carbons (Fsp3) is 0.821. The maximum absolute atomic E-state index is 12.8. The van der Waals surface area contributed by atoms with Crippen LogP contribution in [0.4, 0.5) is 0 Å². The van der Waals surface area contributed by atoms with Gasteiger partial charge in [-0.3, -0.25) is 4.79 Å². The molecule has 0 aliphatic carbocycles. The second kappa shape index (κ2) is 28.6. The van der Waals surface area contributed by atoms with Gasteiger partial charge in [0, 0.05) is 13.0 Å². The maximum atomic E-state index is 12.8. The van der Waals surface area contributed by atoms with E-state index in [0.29, 0.717) is 13.0 Å². The Balaban J connectivity index is 1.86. The van der Waals surface area contributed by atoms with Gasteiger partial charge in [-0.15, -0.1) is 0 Å². The van der Waals surface area contributed by atoms with Gasteiger partial charge in [0.2, 0.25) is 0 Å². The summed E-state index contributed by atoms with van der Waals surface area (Å²) in [7, 11) is 0. The summed E-state index contributed by atoms with van der Waals surface area (Å²) in [5.74, 6) is -0.411. The Morgan fingerprint density at radius 2 is 1.23 bits per heavy atom. The molecule has 11 atom stereocenters. The van der Waals surface area contributed by atoms with E-state index in [0.717, 1.165) is 64.2 Å². The van der Waals surface area contributed by atoms with Gasteiger partial charge in [0.25, 0.3) is 0 Å². The molecule has 2 saturated heterocycles. The van der Waals surface area contributed by atoms with Gasteiger partial charge in [-0.05, 0) is 44.9 Å². The first kappa shape index (κ1) is 47.4. The Morgan fingerprint density at radius 3 is 1.91 bits per heavy atom. The highest BCUT2D eigenvalue weighted by atomic mass is 16.7. The highest BCUT2D eigenvalue weighted by Gasteiger charge is 2.47. The average Bonchev–Trinajstić information content (AvgIpc) is 3.15. The molecule has 11 unspecified atom stereocenters. The van der Waals surface area contributed by atoms with Crippen molar-refractivity contribution in [2.75, 3.05) is 33.0 Å². The standard InChI is InChI=1S/C39H68O14/c1-3-5-7-9-11-12-13-14-15-16-17-18-20-22-31(41)51-28(25-48-23-21-19-10-8-6-4-2)26-49-38-37(47)35(45)33(43)30(53-38)27-50-39-36(46)34(44)32(42)29(24-40)52-39/h5,7,11-12,14-15,28-30,32-40,42-47H,3-4,6,8-10,13,16-27H2,1-2H3/b7-5-,12-11-,15-14-. The molecule has 0 aromatic heterocycles. The van der Waals surface area contributed by atoms with Crippen LogP contribution in [0.5, 0.6) is 0 Å². The van der Waals surface area contributed by atoms with Crippen LogP contribution in [0, 0.1) is 0 Å². The Hall–Kier alpha value is -1.79. The summed E-state index contributed by atoms with van der Waals surface area (Å²) >= 11 is 0. The van der Waals surface area contributed by atoms with Gasteiger partial charge in [0.05, 0.1) is 26.4 Å². The van der Waals surface area contributed by atoms with Crippen molar-refractivity contribution in [3.05, 3.63) is 36.5 Å². The maximum Gasteiger partial charge on any atom is 0.306 e. The molecule has 0 aromatic rings. The number of rotatable bonds is 28. The summed E-state index contributed by atoms with van der Waals surface area (Å²) in [5.41, 5.74) is 0. The molecule has 2 rings (SSSR count). The number of ether oxygens (including phenoxy) is 6. The zero-order valence-corrected chi connectivity index (χ0v) is 31.7. The molecule has 2 fully saturated rings. The van der Waals surface area contributed by atoms with E-state index in [1.165, 1.54) is 12.8 Å². The number of aliphatic hydroxyl groups excluding tert-OH is 7. The number of carbonyl (C=O) groups excluding carboxylic acids is 1. The van der Waals surface area contributed by atoms with Gasteiger partial charge in [-0.2, -0.15) is 0 Å². The molecule has 2 aliphatic heterocycles. The number of unbranched alkanes of at least 4 members (excludes halogenated alkanes) is 8. The molecule has 14 nitrogen and oxygen atoms in total. The van der Waals surface area contributed by atoms with Crippen LogP contribution in [0.2, 0.25) is 0 Å².